The summed E-state index contributed by atoms with van der Waals surface area (Å²) in [5.41, 5.74) is 2.03. The van der Waals surface area contributed by atoms with Crippen molar-refractivity contribution >= 4 is 22.6 Å². The zero-order valence-electron chi connectivity index (χ0n) is 14.5. The molecule has 0 spiro atoms. The van der Waals surface area contributed by atoms with Crippen LogP contribution in [-0.4, -0.2) is 16.1 Å². The average molecular weight is 371 g/mol. The molecule has 0 aliphatic carbocycles. The van der Waals surface area contributed by atoms with Gasteiger partial charge in [0.05, 0.1) is 6.26 Å². The lowest BCUT2D eigenvalue weighted by Gasteiger charge is -2.03. The minimum Gasteiger partial charge on any atom is -0.459 e. The summed E-state index contributed by atoms with van der Waals surface area (Å²) in [6, 6.07) is 19.8. The minimum atomic E-state index is -0.318. The minimum absolute atomic E-state index is 0.255. The van der Waals surface area contributed by atoms with Crippen molar-refractivity contribution in [3.8, 4) is 23.1 Å². The summed E-state index contributed by atoms with van der Waals surface area (Å²) in [5.74, 6) is 1.12. The number of rotatable bonds is 4. The summed E-state index contributed by atoms with van der Waals surface area (Å²) in [5, 5.41) is 11.7. The average Bonchev–Trinajstić information content (AvgIpc) is 3.47. The summed E-state index contributed by atoms with van der Waals surface area (Å²) < 4.78 is 16.4. The van der Waals surface area contributed by atoms with Gasteiger partial charge in [-0.15, -0.1) is 10.2 Å². The molecular weight excluding hydrogens is 358 g/mol. The lowest BCUT2D eigenvalue weighted by molar-refractivity contribution is 0.0998. The van der Waals surface area contributed by atoms with Gasteiger partial charge in [0.15, 0.2) is 11.5 Å². The highest BCUT2D eigenvalue weighted by Crippen LogP contribution is 2.25. The van der Waals surface area contributed by atoms with Crippen molar-refractivity contribution in [2.24, 2.45) is 0 Å². The monoisotopic (exact) mass is 371 g/mol. The van der Waals surface area contributed by atoms with Crippen LogP contribution in [0.25, 0.3) is 34.1 Å². The summed E-state index contributed by atoms with van der Waals surface area (Å²) in [6.07, 6.45) is 1.54. The number of benzene rings is 2. The molecule has 0 atom stereocenters. The van der Waals surface area contributed by atoms with E-state index < -0.39 is 0 Å². The van der Waals surface area contributed by atoms with Gasteiger partial charge in [-0.05, 0) is 48.5 Å². The molecule has 7 nitrogen and oxygen atoms in total. The lowest BCUT2D eigenvalue weighted by Crippen LogP contribution is -2.10. The van der Waals surface area contributed by atoms with Gasteiger partial charge in [0.2, 0.25) is 5.89 Å². The first kappa shape index (κ1) is 16.1. The van der Waals surface area contributed by atoms with Crippen molar-refractivity contribution in [3.63, 3.8) is 0 Å². The highest BCUT2D eigenvalue weighted by molar-refractivity contribution is 6.04. The lowest BCUT2D eigenvalue weighted by atomic mass is 10.2. The Balaban J connectivity index is 1.33. The number of nitrogens with one attached hydrogen (secondary N) is 1. The molecule has 0 saturated carbocycles. The van der Waals surface area contributed by atoms with Gasteiger partial charge in [-0.1, -0.05) is 18.2 Å². The van der Waals surface area contributed by atoms with E-state index in [0.717, 1.165) is 10.9 Å². The van der Waals surface area contributed by atoms with E-state index in [1.165, 1.54) is 0 Å². The highest BCUT2D eigenvalue weighted by atomic mass is 16.4. The largest absolute Gasteiger partial charge is 0.459 e. The van der Waals surface area contributed by atoms with Crippen LogP contribution in [0, 0.1) is 0 Å². The first-order valence-corrected chi connectivity index (χ1v) is 8.54. The Labute approximate surface area is 158 Å². The molecular formula is C21H13N3O4. The quantitative estimate of drug-likeness (QED) is 0.478. The first-order valence-electron chi connectivity index (χ1n) is 8.54. The second kappa shape index (κ2) is 6.55. The molecule has 0 aliphatic heterocycles. The standard InChI is InChI=1S/C21H13N3O4/c25-19(18-12-14-4-1-2-5-16(14)27-18)22-15-9-7-13(8-10-15)20-23-24-21(28-20)17-6-3-11-26-17/h1-12H,(H,22,25). The van der Waals surface area contributed by atoms with E-state index in [0.29, 0.717) is 28.8 Å². The first-order chi connectivity index (χ1) is 13.8. The Morgan fingerprint density at radius 2 is 1.68 bits per heavy atom. The Morgan fingerprint density at radius 1 is 0.857 bits per heavy atom. The third kappa shape index (κ3) is 2.95. The topological polar surface area (TPSA) is 94.3 Å². The number of fused-ring (bicyclic) bond motifs is 1. The number of carbonyl (C=O) groups is 1. The molecule has 2 aromatic carbocycles. The Hall–Kier alpha value is -4.13. The van der Waals surface area contributed by atoms with Gasteiger partial charge in [-0.25, -0.2) is 0 Å². The zero-order valence-corrected chi connectivity index (χ0v) is 14.5. The van der Waals surface area contributed by atoms with Gasteiger partial charge in [0.1, 0.15) is 5.58 Å². The molecule has 136 valence electrons. The Bertz CT molecular complexity index is 1220. The van der Waals surface area contributed by atoms with Crippen LogP contribution in [0.3, 0.4) is 0 Å². The second-order valence-electron chi connectivity index (χ2n) is 6.07. The summed E-state index contributed by atoms with van der Waals surface area (Å²) >= 11 is 0. The molecule has 5 rings (SSSR count). The van der Waals surface area contributed by atoms with Crippen LogP contribution in [0.5, 0.6) is 0 Å². The molecule has 0 radical (unpaired) electrons. The summed E-state index contributed by atoms with van der Waals surface area (Å²) in [4.78, 5) is 12.4. The zero-order chi connectivity index (χ0) is 18.9. The van der Waals surface area contributed by atoms with Crippen LogP contribution in [0.15, 0.2) is 86.2 Å². The van der Waals surface area contributed by atoms with Crippen LogP contribution in [0.2, 0.25) is 0 Å². The van der Waals surface area contributed by atoms with Crippen LogP contribution in [0.1, 0.15) is 10.6 Å². The van der Waals surface area contributed by atoms with E-state index in [1.807, 2.05) is 24.3 Å². The third-order valence-corrected chi connectivity index (χ3v) is 4.20. The number of furan rings is 2. The molecule has 28 heavy (non-hydrogen) atoms. The highest BCUT2D eigenvalue weighted by Gasteiger charge is 2.14. The van der Waals surface area contributed by atoms with E-state index in [4.69, 9.17) is 13.3 Å². The van der Waals surface area contributed by atoms with Gasteiger partial charge in [-0.3, -0.25) is 4.79 Å². The predicted molar refractivity (Wildman–Crippen MR) is 102 cm³/mol. The maximum Gasteiger partial charge on any atom is 0.291 e. The third-order valence-electron chi connectivity index (χ3n) is 4.20. The number of hydrogen-bond acceptors (Lipinski definition) is 6. The summed E-state index contributed by atoms with van der Waals surface area (Å²) in [6.45, 7) is 0. The number of para-hydroxylation sites is 1. The van der Waals surface area contributed by atoms with Gasteiger partial charge < -0.3 is 18.6 Å². The fourth-order valence-corrected chi connectivity index (χ4v) is 2.82. The smallest absolute Gasteiger partial charge is 0.291 e. The fourth-order valence-electron chi connectivity index (χ4n) is 2.82. The normalized spacial score (nSPS) is 11.0. The molecule has 0 bridgehead atoms. The van der Waals surface area contributed by atoms with E-state index in [-0.39, 0.29) is 11.7 Å². The van der Waals surface area contributed by atoms with Crippen molar-refractivity contribution in [1.29, 1.82) is 0 Å². The van der Waals surface area contributed by atoms with Gasteiger partial charge in [0, 0.05) is 16.6 Å². The Morgan fingerprint density at radius 3 is 2.46 bits per heavy atom. The summed E-state index contributed by atoms with van der Waals surface area (Å²) in [7, 11) is 0. The predicted octanol–water partition coefficient (Wildman–Crippen LogP) is 5.00. The number of hydrogen-bond donors (Lipinski definition) is 1. The van der Waals surface area contributed by atoms with Crippen molar-refractivity contribution in [3.05, 3.63) is 78.8 Å². The molecule has 0 fully saturated rings. The van der Waals surface area contributed by atoms with E-state index >= 15 is 0 Å². The fraction of sp³-hybridized carbons (Fsp3) is 0. The number of carbonyl (C=O) groups excluding carboxylic acids is 1. The van der Waals surface area contributed by atoms with Gasteiger partial charge in [0.25, 0.3) is 11.8 Å². The molecule has 3 aromatic heterocycles. The van der Waals surface area contributed by atoms with E-state index in [9.17, 15) is 4.79 Å². The maximum atomic E-state index is 12.4. The van der Waals surface area contributed by atoms with Gasteiger partial charge in [-0.2, -0.15) is 0 Å². The van der Waals surface area contributed by atoms with E-state index in [1.54, 1.807) is 48.7 Å². The number of nitrogens with zero attached hydrogens (tertiary/aromatic N) is 2. The molecule has 0 aliphatic rings. The molecule has 3 heterocycles. The molecule has 1 amide bonds. The Kier molecular flexibility index (Phi) is 3.76. The van der Waals surface area contributed by atoms with Gasteiger partial charge >= 0.3 is 0 Å². The number of amides is 1. The second-order valence-corrected chi connectivity index (χ2v) is 6.07. The molecule has 0 saturated heterocycles. The maximum absolute atomic E-state index is 12.4. The molecule has 7 heteroatoms. The van der Waals surface area contributed by atoms with Crippen LogP contribution < -0.4 is 5.32 Å². The number of aromatic nitrogens is 2. The molecule has 5 aromatic rings. The van der Waals surface area contributed by atoms with Crippen LogP contribution in [-0.2, 0) is 0 Å². The van der Waals surface area contributed by atoms with Crippen LogP contribution in [0.4, 0.5) is 5.69 Å². The number of anilines is 1. The van der Waals surface area contributed by atoms with Crippen LogP contribution >= 0.6 is 0 Å². The van der Waals surface area contributed by atoms with Crippen molar-refractivity contribution in [1.82, 2.24) is 10.2 Å². The van der Waals surface area contributed by atoms with E-state index in [2.05, 4.69) is 15.5 Å². The molecule has 1 N–H and O–H groups in total. The van der Waals surface area contributed by atoms with Crippen molar-refractivity contribution in [2.45, 2.75) is 0 Å². The van der Waals surface area contributed by atoms with Crippen molar-refractivity contribution in [2.75, 3.05) is 5.32 Å². The van der Waals surface area contributed by atoms with Crippen molar-refractivity contribution < 1.29 is 18.0 Å². The molecule has 0 unspecified atom stereocenters. The SMILES string of the molecule is O=C(Nc1ccc(-c2nnc(-c3ccco3)o2)cc1)c1cc2ccccc2o1.